The SMILES string of the molecule is CC[C@@H](c1nnnn1CCOC)[NH+]1CC[NH+](Cc2ccccc2)CC1. The molecular weight excluding hydrogens is 316 g/mol. The van der Waals surface area contributed by atoms with Gasteiger partial charge in [0.2, 0.25) is 5.82 Å². The fraction of sp³-hybridized carbons (Fsp3) is 0.611. The third kappa shape index (κ3) is 4.62. The molecule has 7 nitrogen and oxygen atoms in total. The Morgan fingerprint density at radius 3 is 2.60 bits per heavy atom. The minimum Gasteiger partial charge on any atom is -0.383 e. The molecule has 0 bridgehead atoms. The molecule has 2 aromatic rings. The van der Waals surface area contributed by atoms with Crippen LogP contribution in [0.5, 0.6) is 0 Å². The Kier molecular flexibility index (Phi) is 6.49. The second-order valence-electron chi connectivity index (χ2n) is 6.78. The quantitative estimate of drug-likeness (QED) is 0.627. The number of rotatable bonds is 8. The van der Waals surface area contributed by atoms with Crippen LogP contribution in [0.25, 0.3) is 0 Å². The molecule has 1 aromatic carbocycles. The predicted molar refractivity (Wildman–Crippen MR) is 94.3 cm³/mol. The minimum absolute atomic E-state index is 0.366. The van der Waals surface area contributed by atoms with Crippen LogP contribution in [-0.4, -0.2) is 60.1 Å². The van der Waals surface area contributed by atoms with E-state index in [0.717, 1.165) is 31.9 Å². The third-order valence-electron chi connectivity index (χ3n) is 5.18. The number of hydrogen-bond acceptors (Lipinski definition) is 4. The minimum atomic E-state index is 0.366. The molecule has 1 aliphatic rings. The summed E-state index contributed by atoms with van der Waals surface area (Å²) < 4.78 is 7.08. The van der Waals surface area contributed by atoms with Crippen LogP contribution in [0.2, 0.25) is 0 Å². The Morgan fingerprint density at radius 1 is 1.16 bits per heavy atom. The molecule has 3 rings (SSSR count). The van der Waals surface area contributed by atoms with Gasteiger partial charge in [-0.2, -0.15) is 0 Å². The van der Waals surface area contributed by atoms with Crippen LogP contribution >= 0.6 is 0 Å². The van der Waals surface area contributed by atoms with Crippen LogP contribution in [0, 0.1) is 0 Å². The highest BCUT2D eigenvalue weighted by Gasteiger charge is 2.32. The van der Waals surface area contributed by atoms with Crippen molar-refractivity contribution in [3.05, 3.63) is 41.7 Å². The molecule has 136 valence electrons. The van der Waals surface area contributed by atoms with Crippen molar-refractivity contribution in [2.75, 3.05) is 39.9 Å². The summed E-state index contributed by atoms with van der Waals surface area (Å²) >= 11 is 0. The summed E-state index contributed by atoms with van der Waals surface area (Å²) in [6.45, 7) is 9.43. The zero-order valence-electron chi connectivity index (χ0n) is 15.3. The molecule has 1 fully saturated rings. The zero-order valence-corrected chi connectivity index (χ0v) is 15.3. The summed E-state index contributed by atoms with van der Waals surface area (Å²) in [5.74, 6) is 1.00. The third-order valence-corrected chi connectivity index (χ3v) is 5.18. The molecule has 0 spiro atoms. The van der Waals surface area contributed by atoms with Gasteiger partial charge in [-0.25, -0.2) is 4.68 Å². The molecule has 0 saturated carbocycles. The van der Waals surface area contributed by atoms with Gasteiger partial charge in [-0.1, -0.05) is 37.3 Å². The topological polar surface area (TPSA) is 61.7 Å². The lowest BCUT2D eigenvalue weighted by Gasteiger charge is -2.33. The Hall–Kier alpha value is -1.83. The van der Waals surface area contributed by atoms with Crippen LogP contribution in [0.4, 0.5) is 0 Å². The van der Waals surface area contributed by atoms with E-state index < -0.39 is 0 Å². The van der Waals surface area contributed by atoms with E-state index in [4.69, 9.17) is 4.74 Å². The number of nitrogens with zero attached hydrogens (tertiary/aromatic N) is 4. The molecule has 1 aliphatic heterocycles. The molecule has 2 heterocycles. The molecule has 0 amide bonds. The first-order valence-electron chi connectivity index (χ1n) is 9.29. The van der Waals surface area contributed by atoms with E-state index in [2.05, 4.69) is 52.8 Å². The summed E-state index contributed by atoms with van der Waals surface area (Å²) in [6, 6.07) is 11.2. The maximum atomic E-state index is 5.17. The van der Waals surface area contributed by atoms with Crippen LogP contribution < -0.4 is 9.80 Å². The summed E-state index contributed by atoms with van der Waals surface area (Å²) in [6.07, 6.45) is 1.05. The van der Waals surface area contributed by atoms with E-state index in [-0.39, 0.29) is 0 Å². The monoisotopic (exact) mass is 346 g/mol. The van der Waals surface area contributed by atoms with Gasteiger partial charge >= 0.3 is 0 Å². The Labute approximate surface area is 149 Å². The number of piperazine rings is 1. The van der Waals surface area contributed by atoms with Gasteiger partial charge in [0.05, 0.1) is 13.2 Å². The van der Waals surface area contributed by atoms with Crippen molar-refractivity contribution in [3.8, 4) is 0 Å². The van der Waals surface area contributed by atoms with Gasteiger partial charge in [-0.15, -0.1) is 5.10 Å². The van der Waals surface area contributed by atoms with Crippen LogP contribution in [-0.2, 0) is 17.8 Å². The fourth-order valence-corrected chi connectivity index (χ4v) is 3.79. The van der Waals surface area contributed by atoms with Crippen molar-refractivity contribution in [2.24, 2.45) is 0 Å². The first-order chi connectivity index (χ1) is 12.3. The molecule has 0 unspecified atom stereocenters. The molecule has 1 aromatic heterocycles. The first-order valence-corrected chi connectivity index (χ1v) is 9.29. The number of methoxy groups -OCH3 is 1. The lowest BCUT2D eigenvalue weighted by atomic mass is 10.1. The first kappa shape index (κ1) is 18.0. The number of tetrazole rings is 1. The van der Waals surface area contributed by atoms with Gasteiger partial charge in [-0.05, 0) is 10.4 Å². The van der Waals surface area contributed by atoms with E-state index in [1.165, 1.54) is 18.7 Å². The van der Waals surface area contributed by atoms with Crippen molar-refractivity contribution in [1.82, 2.24) is 20.2 Å². The van der Waals surface area contributed by atoms with Crippen molar-refractivity contribution in [2.45, 2.75) is 32.5 Å². The van der Waals surface area contributed by atoms with Gasteiger partial charge in [0.1, 0.15) is 38.8 Å². The van der Waals surface area contributed by atoms with E-state index >= 15 is 0 Å². The van der Waals surface area contributed by atoms with E-state index in [9.17, 15) is 0 Å². The lowest BCUT2D eigenvalue weighted by Crippen LogP contribution is -3.27. The lowest BCUT2D eigenvalue weighted by molar-refractivity contribution is -1.03. The largest absolute Gasteiger partial charge is 0.383 e. The van der Waals surface area contributed by atoms with Gasteiger partial charge in [-0.3, -0.25) is 0 Å². The molecule has 25 heavy (non-hydrogen) atoms. The Balaban J connectivity index is 1.58. The summed E-state index contributed by atoms with van der Waals surface area (Å²) in [4.78, 5) is 3.27. The molecule has 0 radical (unpaired) electrons. The Morgan fingerprint density at radius 2 is 1.92 bits per heavy atom. The van der Waals surface area contributed by atoms with E-state index in [1.54, 1.807) is 16.9 Å². The van der Waals surface area contributed by atoms with Gasteiger partial charge in [0, 0.05) is 19.1 Å². The highest BCUT2D eigenvalue weighted by Crippen LogP contribution is 2.09. The summed E-state index contributed by atoms with van der Waals surface area (Å²) in [5.41, 5.74) is 1.43. The number of quaternary nitrogens is 2. The predicted octanol–water partition coefficient (Wildman–Crippen LogP) is -1.25. The van der Waals surface area contributed by atoms with Gasteiger partial charge in [0.15, 0.2) is 0 Å². The van der Waals surface area contributed by atoms with Crippen molar-refractivity contribution in [1.29, 1.82) is 0 Å². The number of aromatic nitrogens is 4. The maximum Gasteiger partial charge on any atom is 0.209 e. The molecule has 1 saturated heterocycles. The van der Waals surface area contributed by atoms with Gasteiger partial charge < -0.3 is 14.5 Å². The van der Waals surface area contributed by atoms with Crippen molar-refractivity contribution >= 4 is 0 Å². The van der Waals surface area contributed by atoms with Crippen LogP contribution in [0.3, 0.4) is 0 Å². The Bertz CT molecular complexity index is 624. The number of ether oxygens (including phenoxy) is 1. The molecule has 7 heteroatoms. The molecular formula is C18H30N6O+2. The summed E-state index contributed by atoms with van der Waals surface area (Å²) in [5, 5.41) is 12.4. The molecule has 1 atom stereocenters. The highest BCUT2D eigenvalue weighted by molar-refractivity contribution is 5.13. The highest BCUT2D eigenvalue weighted by atomic mass is 16.5. The fourth-order valence-electron chi connectivity index (χ4n) is 3.79. The smallest absolute Gasteiger partial charge is 0.209 e. The molecule has 2 N–H and O–H groups in total. The van der Waals surface area contributed by atoms with Gasteiger partial charge in [0.25, 0.3) is 0 Å². The second kappa shape index (κ2) is 9.03. The van der Waals surface area contributed by atoms with Crippen molar-refractivity contribution in [3.63, 3.8) is 0 Å². The van der Waals surface area contributed by atoms with Crippen LogP contribution in [0.15, 0.2) is 30.3 Å². The summed E-state index contributed by atoms with van der Waals surface area (Å²) in [7, 11) is 1.71. The number of benzene rings is 1. The standard InChI is InChI=1S/C18H28N6O/c1-3-17(18-19-20-21-24(18)13-14-25-2)23-11-9-22(10-12-23)15-16-7-5-4-6-8-16/h4-8,17H,3,9-15H2,1-2H3/p+2/t17-/m0/s1. The van der Waals surface area contributed by atoms with Crippen LogP contribution in [0.1, 0.15) is 30.8 Å². The van der Waals surface area contributed by atoms with E-state index in [1.807, 2.05) is 4.68 Å². The normalized spacial score (nSPS) is 22.0. The number of hydrogen-bond donors (Lipinski definition) is 2. The average molecular weight is 346 g/mol. The number of nitrogens with one attached hydrogen (secondary N) is 2. The zero-order chi connectivity index (χ0) is 17.5. The maximum absolute atomic E-state index is 5.17. The van der Waals surface area contributed by atoms with Crippen molar-refractivity contribution < 1.29 is 14.5 Å². The van der Waals surface area contributed by atoms with E-state index in [0.29, 0.717) is 19.2 Å². The second-order valence-corrected chi connectivity index (χ2v) is 6.78. The molecule has 0 aliphatic carbocycles. The average Bonchev–Trinajstić information content (AvgIpc) is 3.11.